The first-order valence-corrected chi connectivity index (χ1v) is 9.80. The highest BCUT2D eigenvalue weighted by molar-refractivity contribution is 7.12. The predicted octanol–water partition coefficient (Wildman–Crippen LogP) is 4.06. The van der Waals surface area contributed by atoms with Crippen LogP contribution in [0.3, 0.4) is 0 Å². The zero-order valence-electron chi connectivity index (χ0n) is 15.3. The smallest absolute Gasteiger partial charge is 0.337 e. The van der Waals surface area contributed by atoms with Gasteiger partial charge in [0.2, 0.25) is 5.95 Å². The molecule has 4 rings (SSSR count). The van der Waals surface area contributed by atoms with Gasteiger partial charge in [-0.25, -0.2) is 9.78 Å². The van der Waals surface area contributed by atoms with Crippen molar-refractivity contribution < 1.29 is 13.2 Å². The summed E-state index contributed by atoms with van der Waals surface area (Å²) in [5, 5.41) is 0. The fourth-order valence-electron chi connectivity index (χ4n) is 3.16. The Morgan fingerprint density at radius 3 is 2.52 bits per heavy atom. The molecule has 1 aliphatic heterocycles. The van der Waals surface area contributed by atoms with Crippen molar-refractivity contribution in [3.05, 3.63) is 80.7 Å². The van der Waals surface area contributed by atoms with Gasteiger partial charge in [0, 0.05) is 18.0 Å². The van der Waals surface area contributed by atoms with Crippen LogP contribution in [0.25, 0.3) is 5.57 Å². The number of aromatic nitrogens is 3. The van der Waals surface area contributed by atoms with Crippen molar-refractivity contribution in [3.8, 4) is 0 Å². The predicted molar refractivity (Wildman–Crippen MR) is 106 cm³/mol. The zero-order chi connectivity index (χ0) is 20.4. The quantitative estimate of drug-likeness (QED) is 0.641. The Bertz CT molecular complexity index is 1090. The maximum atomic E-state index is 12.7. The minimum atomic E-state index is -4.38. The van der Waals surface area contributed by atoms with Gasteiger partial charge in [0.1, 0.15) is 11.2 Å². The molecule has 29 heavy (non-hydrogen) atoms. The summed E-state index contributed by atoms with van der Waals surface area (Å²) in [4.78, 5) is 22.2. The summed E-state index contributed by atoms with van der Waals surface area (Å²) in [5.41, 5.74) is 1.89. The fraction of sp³-hybridized carbons (Fsp3) is 0.250. The number of hydrogen-bond donors (Lipinski definition) is 0. The normalized spacial score (nSPS) is 14.7. The first-order chi connectivity index (χ1) is 13.9. The van der Waals surface area contributed by atoms with Crippen LogP contribution < -0.4 is 10.6 Å². The average Bonchev–Trinajstić information content (AvgIpc) is 3.20. The lowest BCUT2D eigenvalue weighted by Gasteiger charge is -2.26. The van der Waals surface area contributed by atoms with Gasteiger partial charge in [-0.15, -0.1) is 11.3 Å². The van der Waals surface area contributed by atoms with Gasteiger partial charge in [0.25, 0.3) is 0 Å². The third-order valence-electron chi connectivity index (χ3n) is 4.66. The van der Waals surface area contributed by atoms with Crippen molar-refractivity contribution >= 4 is 22.9 Å². The van der Waals surface area contributed by atoms with Crippen LogP contribution in [-0.2, 0) is 12.7 Å². The highest BCUT2D eigenvalue weighted by atomic mass is 32.1. The highest BCUT2D eigenvalue weighted by Gasteiger charge is 2.32. The number of thiophene rings is 1. The molecule has 150 valence electrons. The maximum Gasteiger partial charge on any atom is 0.425 e. The van der Waals surface area contributed by atoms with Crippen molar-refractivity contribution in [2.75, 3.05) is 18.0 Å². The van der Waals surface area contributed by atoms with Crippen molar-refractivity contribution in [2.45, 2.75) is 19.1 Å². The van der Waals surface area contributed by atoms with Gasteiger partial charge in [-0.1, -0.05) is 36.4 Å². The number of anilines is 1. The maximum absolute atomic E-state index is 12.7. The Labute approximate surface area is 168 Å². The minimum absolute atomic E-state index is 0.0118. The van der Waals surface area contributed by atoms with E-state index in [2.05, 4.69) is 28.2 Å². The molecule has 0 spiro atoms. The summed E-state index contributed by atoms with van der Waals surface area (Å²) in [7, 11) is 0. The van der Waals surface area contributed by atoms with E-state index in [1.165, 1.54) is 28.1 Å². The summed E-state index contributed by atoms with van der Waals surface area (Å²) in [6.45, 7) is 1.29. The summed E-state index contributed by atoms with van der Waals surface area (Å²) in [5.74, 6) is 0.330. The van der Waals surface area contributed by atoms with Crippen LogP contribution in [0.4, 0.5) is 19.1 Å². The molecule has 0 atom stereocenters. The lowest BCUT2D eigenvalue weighted by molar-refractivity contribution is -0.134. The summed E-state index contributed by atoms with van der Waals surface area (Å²) in [6.07, 6.45) is -0.132. The van der Waals surface area contributed by atoms with Gasteiger partial charge in [-0.2, -0.15) is 18.2 Å². The zero-order valence-corrected chi connectivity index (χ0v) is 16.1. The topological polar surface area (TPSA) is 51.0 Å². The molecule has 0 bridgehead atoms. The van der Waals surface area contributed by atoms with Crippen LogP contribution in [-0.4, -0.2) is 27.6 Å². The molecule has 0 fully saturated rings. The molecule has 9 heteroatoms. The van der Waals surface area contributed by atoms with Crippen molar-refractivity contribution in [2.24, 2.45) is 0 Å². The van der Waals surface area contributed by atoms with Crippen LogP contribution in [0.2, 0.25) is 0 Å². The second kappa shape index (κ2) is 7.82. The molecule has 0 saturated carbocycles. The Balaban J connectivity index is 1.46. The van der Waals surface area contributed by atoms with E-state index in [1.807, 2.05) is 23.1 Å². The third kappa shape index (κ3) is 4.40. The van der Waals surface area contributed by atoms with Gasteiger partial charge in [-0.05, 0) is 29.7 Å². The van der Waals surface area contributed by atoms with Crippen LogP contribution in [0.15, 0.2) is 59.7 Å². The molecular formula is C20H17F3N4OS. The minimum Gasteiger partial charge on any atom is -0.337 e. The second-order valence-electron chi connectivity index (χ2n) is 6.62. The number of alkyl halides is 3. The Kier molecular flexibility index (Phi) is 5.23. The molecule has 1 aromatic carbocycles. The van der Waals surface area contributed by atoms with Crippen molar-refractivity contribution in [3.63, 3.8) is 0 Å². The fourth-order valence-corrected chi connectivity index (χ4v) is 4.03. The Hall–Kier alpha value is -2.94. The molecule has 0 amide bonds. The summed E-state index contributed by atoms with van der Waals surface area (Å²) < 4.78 is 39.4. The van der Waals surface area contributed by atoms with Gasteiger partial charge < -0.3 is 4.90 Å². The standard InChI is InChI=1S/C20H17F3N4OS/c21-20(22,23)17-7-6-16(29-17)12-27-13-24-18(25-19(27)28)26-10-8-15(9-11-26)14-4-2-1-3-5-14/h1-8,13H,9-12H2. The lowest BCUT2D eigenvalue weighted by Crippen LogP contribution is -2.33. The van der Waals surface area contributed by atoms with Crippen molar-refractivity contribution in [1.29, 1.82) is 0 Å². The third-order valence-corrected chi connectivity index (χ3v) is 5.77. The number of halogens is 3. The molecule has 0 unspecified atom stereocenters. The van der Waals surface area contributed by atoms with Crippen LogP contribution in [0.1, 0.15) is 21.7 Å². The van der Waals surface area contributed by atoms with Gasteiger partial charge >= 0.3 is 11.9 Å². The number of nitrogens with zero attached hydrogens (tertiary/aromatic N) is 4. The van der Waals surface area contributed by atoms with E-state index in [0.717, 1.165) is 12.5 Å². The van der Waals surface area contributed by atoms with E-state index >= 15 is 0 Å². The van der Waals surface area contributed by atoms with Crippen LogP contribution in [0, 0.1) is 0 Å². The molecular weight excluding hydrogens is 401 g/mol. The highest BCUT2D eigenvalue weighted by Crippen LogP contribution is 2.34. The van der Waals surface area contributed by atoms with E-state index in [0.29, 0.717) is 35.3 Å². The Morgan fingerprint density at radius 2 is 1.90 bits per heavy atom. The molecule has 5 nitrogen and oxygen atoms in total. The van der Waals surface area contributed by atoms with Gasteiger partial charge in [0.05, 0.1) is 6.54 Å². The second-order valence-corrected chi connectivity index (χ2v) is 7.79. The van der Waals surface area contributed by atoms with E-state index in [1.54, 1.807) is 0 Å². The van der Waals surface area contributed by atoms with Gasteiger partial charge in [-0.3, -0.25) is 4.57 Å². The van der Waals surface area contributed by atoms with E-state index in [4.69, 9.17) is 0 Å². The van der Waals surface area contributed by atoms with E-state index in [9.17, 15) is 18.0 Å². The first kappa shape index (κ1) is 19.4. The molecule has 2 aromatic heterocycles. The van der Waals surface area contributed by atoms with E-state index in [-0.39, 0.29) is 6.54 Å². The summed E-state index contributed by atoms with van der Waals surface area (Å²) >= 11 is 0.615. The van der Waals surface area contributed by atoms with Crippen molar-refractivity contribution in [1.82, 2.24) is 14.5 Å². The van der Waals surface area contributed by atoms with Crippen LogP contribution >= 0.6 is 11.3 Å². The molecule has 0 saturated heterocycles. The monoisotopic (exact) mass is 418 g/mol. The molecule has 0 N–H and O–H groups in total. The van der Waals surface area contributed by atoms with E-state index < -0.39 is 16.7 Å². The number of hydrogen-bond acceptors (Lipinski definition) is 5. The molecule has 0 aliphatic carbocycles. The summed E-state index contributed by atoms with van der Waals surface area (Å²) in [6, 6.07) is 12.5. The Morgan fingerprint density at radius 1 is 1.10 bits per heavy atom. The average molecular weight is 418 g/mol. The SMILES string of the molecule is O=c1nc(N2CC=C(c3ccccc3)CC2)ncn1Cc1ccc(C(F)(F)F)s1. The number of rotatable bonds is 4. The molecule has 1 aliphatic rings. The van der Waals surface area contributed by atoms with Crippen LogP contribution in [0.5, 0.6) is 0 Å². The molecule has 3 heterocycles. The molecule has 3 aromatic rings. The lowest BCUT2D eigenvalue weighted by atomic mass is 10.00. The largest absolute Gasteiger partial charge is 0.425 e. The van der Waals surface area contributed by atoms with Gasteiger partial charge in [0.15, 0.2) is 0 Å². The first-order valence-electron chi connectivity index (χ1n) is 8.99. The number of benzene rings is 1. The molecule has 0 radical (unpaired) electrons.